The minimum Gasteiger partial charge on any atom is -0.497 e. The maximum Gasteiger partial charge on any atom is 0.315 e. The number of thiophene rings is 1. The number of hydrogen-bond acceptors (Lipinski definition) is 3. The van der Waals surface area contributed by atoms with Crippen LogP contribution in [0.25, 0.3) is 0 Å². The monoisotopic (exact) mass is 276 g/mol. The predicted molar refractivity (Wildman–Crippen MR) is 76.4 cm³/mol. The molecule has 0 spiro atoms. The SMILES string of the molecule is COc1ccc(CNC(=O)NCc2cccs2)cc1. The Kier molecular flexibility index (Phi) is 4.80. The van der Waals surface area contributed by atoms with Crippen molar-refractivity contribution in [3.8, 4) is 5.75 Å². The lowest BCUT2D eigenvalue weighted by Gasteiger charge is -2.07. The van der Waals surface area contributed by atoms with E-state index in [1.807, 2.05) is 41.8 Å². The molecule has 1 heterocycles. The van der Waals surface area contributed by atoms with Crippen LogP contribution >= 0.6 is 11.3 Å². The lowest BCUT2D eigenvalue weighted by molar-refractivity contribution is 0.240. The highest BCUT2D eigenvalue weighted by Crippen LogP contribution is 2.11. The molecule has 2 N–H and O–H groups in total. The first-order valence-electron chi connectivity index (χ1n) is 5.95. The van der Waals surface area contributed by atoms with E-state index in [9.17, 15) is 4.79 Å². The molecule has 4 nitrogen and oxygen atoms in total. The van der Waals surface area contributed by atoms with Crippen LogP contribution in [0.4, 0.5) is 4.79 Å². The number of hydrogen-bond donors (Lipinski definition) is 2. The fourth-order valence-electron chi connectivity index (χ4n) is 1.57. The first kappa shape index (κ1) is 13.4. The van der Waals surface area contributed by atoms with Gasteiger partial charge in [-0.05, 0) is 29.1 Å². The fraction of sp³-hybridized carbons (Fsp3) is 0.214. The minimum atomic E-state index is -0.163. The normalized spacial score (nSPS) is 9.95. The third-order valence-electron chi connectivity index (χ3n) is 2.62. The van der Waals surface area contributed by atoms with Crippen LogP contribution in [-0.2, 0) is 13.1 Å². The van der Waals surface area contributed by atoms with Gasteiger partial charge in [0.1, 0.15) is 5.75 Å². The molecule has 2 rings (SSSR count). The van der Waals surface area contributed by atoms with Crippen molar-refractivity contribution in [2.24, 2.45) is 0 Å². The summed E-state index contributed by atoms with van der Waals surface area (Å²) in [5, 5.41) is 7.62. The van der Waals surface area contributed by atoms with E-state index >= 15 is 0 Å². The smallest absolute Gasteiger partial charge is 0.315 e. The molecule has 0 radical (unpaired) electrons. The number of carbonyl (C=O) groups is 1. The summed E-state index contributed by atoms with van der Waals surface area (Å²) in [5.74, 6) is 0.811. The second kappa shape index (κ2) is 6.80. The van der Waals surface area contributed by atoms with Gasteiger partial charge in [-0.3, -0.25) is 0 Å². The van der Waals surface area contributed by atoms with Crippen LogP contribution in [0.2, 0.25) is 0 Å². The van der Waals surface area contributed by atoms with Crippen molar-refractivity contribution in [3.05, 3.63) is 52.2 Å². The summed E-state index contributed by atoms with van der Waals surface area (Å²) in [6.45, 7) is 1.06. The Morgan fingerprint density at radius 2 is 1.89 bits per heavy atom. The number of ether oxygens (including phenoxy) is 1. The standard InChI is InChI=1S/C14H16N2O2S/c1-18-12-6-4-11(5-7-12)9-15-14(17)16-10-13-3-2-8-19-13/h2-8H,9-10H2,1H3,(H2,15,16,17). The van der Waals surface area contributed by atoms with E-state index < -0.39 is 0 Å². The molecule has 0 atom stereocenters. The van der Waals surface area contributed by atoms with Gasteiger partial charge in [-0.15, -0.1) is 11.3 Å². The minimum absolute atomic E-state index is 0.163. The molecule has 1 aromatic carbocycles. The van der Waals surface area contributed by atoms with E-state index in [1.165, 1.54) is 0 Å². The van der Waals surface area contributed by atoms with Crippen molar-refractivity contribution in [3.63, 3.8) is 0 Å². The Labute approximate surface area is 116 Å². The van der Waals surface area contributed by atoms with Crippen molar-refractivity contribution in [2.45, 2.75) is 13.1 Å². The van der Waals surface area contributed by atoms with Crippen LogP contribution in [0.1, 0.15) is 10.4 Å². The Hall–Kier alpha value is -2.01. The Balaban J connectivity index is 1.73. The van der Waals surface area contributed by atoms with E-state index in [0.29, 0.717) is 13.1 Å². The molecule has 0 aliphatic carbocycles. The summed E-state index contributed by atoms with van der Waals surface area (Å²) >= 11 is 1.63. The Bertz CT molecular complexity index is 509. The zero-order valence-electron chi connectivity index (χ0n) is 10.7. The summed E-state index contributed by atoms with van der Waals surface area (Å²) in [4.78, 5) is 12.7. The van der Waals surface area contributed by atoms with Crippen molar-refractivity contribution in [1.82, 2.24) is 10.6 Å². The van der Waals surface area contributed by atoms with Gasteiger partial charge < -0.3 is 15.4 Å². The van der Waals surface area contributed by atoms with Gasteiger partial charge in [-0.25, -0.2) is 4.79 Å². The van der Waals surface area contributed by atoms with Gasteiger partial charge in [0.05, 0.1) is 13.7 Å². The van der Waals surface area contributed by atoms with Crippen LogP contribution < -0.4 is 15.4 Å². The van der Waals surface area contributed by atoms with Crippen molar-refractivity contribution >= 4 is 17.4 Å². The predicted octanol–water partition coefficient (Wildman–Crippen LogP) is 2.76. The average Bonchev–Trinajstić information content (AvgIpc) is 2.96. The van der Waals surface area contributed by atoms with Gasteiger partial charge >= 0.3 is 6.03 Å². The Morgan fingerprint density at radius 1 is 1.16 bits per heavy atom. The maximum atomic E-state index is 11.6. The lowest BCUT2D eigenvalue weighted by atomic mass is 10.2. The maximum absolute atomic E-state index is 11.6. The summed E-state index contributed by atoms with van der Waals surface area (Å²) < 4.78 is 5.08. The number of amides is 2. The van der Waals surface area contributed by atoms with Crippen LogP contribution in [0, 0.1) is 0 Å². The van der Waals surface area contributed by atoms with Gasteiger partial charge in [-0.2, -0.15) is 0 Å². The van der Waals surface area contributed by atoms with Crippen molar-refractivity contribution in [2.75, 3.05) is 7.11 Å². The topological polar surface area (TPSA) is 50.4 Å². The molecule has 0 aliphatic rings. The second-order valence-electron chi connectivity index (χ2n) is 3.96. The number of benzene rings is 1. The second-order valence-corrected chi connectivity index (χ2v) is 5.00. The van der Waals surface area contributed by atoms with Crippen molar-refractivity contribution < 1.29 is 9.53 Å². The number of urea groups is 1. The number of carbonyl (C=O) groups excluding carboxylic acids is 1. The van der Waals surface area contributed by atoms with E-state index in [2.05, 4.69) is 10.6 Å². The third kappa shape index (κ3) is 4.30. The molecular formula is C14H16N2O2S. The van der Waals surface area contributed by atoms with E-state index in [-0.39, 0.29) is 6.03 Å². The molecule has 2 aromatic rings. The summed E-state index contributed by atoms with van der Waals surface area (Å²) in [6, 6.07) is 11.4. The highest BCUT2D eigenvalue weighted by molar-refractivity contribution is 7.09. The van der Waals surface area contributed by atoms with Gasteiger partial charge in [0, 0.05) is 11.4 Å². The van der Waals surface area contributed by atoms with Gasteiger partial charge in [0.25, 0.3) is 0 Å². The van der Waals surface area contributed by atoms with Gasteiger partial charge in [-0.1, -0.05) is 18.2 Å². The third-order valence-corrected chi connectivity index (χ3v) is 3.49. The molecule has 0 saturated heterocycles. The zero-order chi connectivity index (χ0) is 13.5. The van der Waals surface area contributed by atoms with Crippen LogP contribution in [-0.4, -0.2) is 13.1 Å². The molecule has 100 valence electrons. The molecule has 1 aromatic heterocycles. The molecule has 0 saturated carbocycles. The molecule has 0 unspecified atom stereocenters. The first-order valence-corrected chi connectivity index (χ1v) is 6.83. The van der Waals surface area contributed by atoms with Crippen LogP contribution in [0.15, 0.2) is 41.8 Å². The fourth-order valence-corrected chi connectivity index (χ4v) is 2.21. The lowest BCUT2D eigenvalue weighted by Crippen LogP contribution is -2.34. The summed E-state index contributed by atoms with van der Waals surface area (Å²) in [5.41, 5.74) is 1.03. The quantitative estimate of drug-likeness (QED) is 0.882. The molecule has 0 aliphatic heterocycles. The van der Waals surface area contributed by atoms with E-state index in [0.717, 1.165) is 16.2 Å². The van der Waals surface area contributed by atoms with Crippen molar-refractivity contribution in [1.29, 1.82) is 0 Å². The summed E-state index contributed by atoms with van der Waals surface area (Å²) in [7, 11) is 1.63. The van der Waals surface area contributed by atoms with Crippen LogP contribution in [0.3, 0.4) is 0 Å². The molecular weight excluding hydrogens is 260 g/mol. The van der Waals surface area contributed by atoms with Gasteiger partial charge in [0.15, 0.2) is 0 Å². The molecule has 19 heavy (non-hydrogen) atoms. The molecule has 5 heteroatoms. The highest BCUT2D eigenvalue weighted by Gasteiger charge is 2.01. The number of rotatable bonds is 5. The largest absolute Gasteiger partial charge is 0.497 e. The Morgan fingerprint density at radius 3 is 2.53 bits per heavy atom. The summed E-state index contributed by atoms with van der Waals surface area (Å²) in [6.07, 6.45) is 0. The van der Waals surface area contributed by atoms with Crippen LogP contribution in [0.5, 0.6) is 5.75 Å². The number of methoxy groups -OCH3 is 1. The van der Waals surface area contributed by atoms with Gasteiger partial charge in [0.2, 0.25) is 0 Å². The zero-order valence-corrected chi connectivity index (χ0v) is 11.5. The molecule has 0 fully saturated rings. The number of nitrogens with one attached hydrogen (secondary N) is 2. The van der Waals surface area contributed by atoms with E-state index in [1.54, 1.807) is 18.4 Å². The molecule has 2 amide bonds. The first-order chi connectivity index (χ1) is 9.28. The molecule has 0 bridgehead atoms. The average molecular weight is 276 g/mol. The highest BCUT2D eigenvalue weighted by atomic mass is 32.1. The van der Waals surface area contributed by atoms with E-state index in [4.69, 9.17) is 4.74 Å².